The first-order chi connectivity index (χ1) is 13.2. The van der Waals surface area contributed by atoms with Gasteiger partial charge < -0.3 is 9.47 Å². The Kier molecular flexibility index (Phi) is 3.87. The van der Waals surface area contributed by atoms with E-state index in [4.69, 9.17) is 9.47 Å². The molecule has 5 saturated carbocycles. The largest absolute Gasteiger partial charge is 0.462 e. The maximum absolute atomic E-state index is 12.3. The fourth-order valence-electron chi connectivity index (χ4n) is 8.76. The third-order valence-electron chi connectivity index (χ3n) is 9.67. The van der Waals surface area contributed by atoms with Gasteiger partial charge in [0.25, 0.3) is 0 Å². The standard InChI is InChI=1S/C23H32O5/c1-13(24)27-19-5-4-17-16-7-10-22-12-15(26)6-11-23(22,20(22)28-14(2)25)18(16)8-9-21(17,19)3/h16-20H,4-12H2,1-3H3/t16-,17-,18-,19-,20?,21-,22+,23+/m0/s1. The van der Waals surface area contributed by atoms with Gasteiger partial charge in [-0.15, -0.1) is 0 Å². The summed E-state index contributed by atoms with van der Waals surface area (Å²) in [6, 6.07) is 0. The number of carbonyl (C=O) groups is 3. The normalized spacial score (nSPS) is 51.2. The number of ether oxygens (including phenoxy) is 2. The van der Waals surface area contributed by atoms with Crippen molar-refractivity contribution >= 4 is 17.7 Å². The number of ketones is 1. The molecule has 5 heteroatoms. The third-order valence-corrected chi connectivity index (χ3v) is 9.67. The van der Waals surface area contributed by atoms with Gasteiger partial charge in [-0.2, -0.15) is 0 Å². The monoisotopic (exact) mass is 388 g/mol. The molecular weight excluding hydrogens is 356 g/mol. The van der Waals surface area contributed by atoms with Gasteiger partial charge in [0, 0.05) is 42.9 Å². The van der Waals surface area contributed by atoms with E-state index in [1.807, 2.05) is 0 Å². The summed E-state index contributed by atoms with van der Waals surface area (Å²) in [5, 5.41) is 0. The van der Waals surface area contributed by atoms with Crippen LogP contribution in [0.4, 0.5) is 0 Å². The molecule has 8 atom stereocenters. The van der Waals surface area contributed by atoms with E-state index in [-0.39, 0.29) is 40.4 Å². The van der Waals surface area contributed by atoms with Crippen LogP contribution >= 0.6 is 0 Å². The molecule has 0 aromatic carbocycles. The van der Waals surface area contributed by atoms with Gasteiger partial charge in [-0.3, -0.25) is 14.4 Å². The van der Waals surface area contributed by atoms with Crippen LogP contribution in [0.3, 0.4) is 0 Å². The SMILES string of the molecule is CC(=O)OC1[C@]23CC[C@H]4[C@@H]5CC[C@H](OC(C)=O)[C@@]5(C)CC[C@@H]4[C@]12CCC(=O)C3. The van der Waals surface area contributed by atoms with E-state index >= 15 is 0 Å². The third kappa shape index (κ3) is 2.16. The Morgan fingerprint density at radius 3 is 2.39 bits per heavy atom. The molecule has 5 aliphatic carbocycles. The Hall–Kier alpha value is -1.39. The van der Waals surface area contributed by atoms with Crippen LogP contribution in [0.25, 0.3) is 0 Å². The molecule has 0 aliphatic heterocycles. The van der Waals surface area contributed by atoms with Gasteiger partial charge >= 0.3 is 11.9 Å². The molecule has 0 heterocycles. The highest BCUT2D eigenvalue weighted by Crippen LogP contribution is 2.83. The van der Waals surface area contributed by atoms with Crippen LogP contribution in [0.15, 0.2) is 0 Å². The lowest BCUT2D eigenvalue weighted by Crippen LogP contribution is -2.50. The molecule has 0 spiro atoms. The van der Waals surface area contributed by atoms with Crippen LogP contribution in [-0.4, -0.2) is 29.9 Å². The Morgan fingerprint density at radius 1 is 0.929 bits per heavy atom. The highest BCUT2D eigenvalue weighted by molar-refractivity contribution is 5.82. The highest BCUT2D eigenvalue weighted by atomic mass is 16.6. The number of esters is 2. The topological polar surface area (TPSA) is 69.7 Å². The summed E-state index contributed by atoms with van der Waals surface area (Å²) in [6.07, 6.45) is 8.48. The molecule has 5 fully saturated rings. The predicted molar refractivity (Wildman–Crippen MR) is 101 cm³/mol. The van der Waals surface area contributed by atoms with E-state index in [0.29, 0.717) is 36.4 Å². The summed E-state index contributed by atoms with van der Waals surface area (Å²) in [7, 11) is 0. The molecule has 1 unspecified atom stereocenters. The molecule has 5 rings (SSSR count). The summed E-state index contributed by atoms with van der Waals surface area (Å²) >= 11 is 0. The van der Waals surface area contributed by atoms with Gasteiger partial charge in [0.2, 0.25) is 0 Å². The minimum atomic E-state index is -0.208. The first-order valence-electron chi connectivity index (χ1n) is 11.1. The molecule has 0 amide bonds. The van der Waals surface area contributed by atoms with Crippen molar-refractivity contribution in [3.63, 3.8) is 0 Å². The molecular formula is C23H32O5. The Balaban J connectivity index is 1.46. The first kappa shape index (κ1) is 18.6. The second kappa shape index (κ2) is 5.82. The fraction of sp³-hybridized carbons (Fsp3) is 0.870. The van der Waals surface area contributed by atoms with Crippen molar-refractivity contribution in [3.05, 3.63) is 0 Å². The van der Waals surface area contributed by atoms with Crippen molar-refractivity contribution in [2.45, 2.75) is 90.8 Å². The zero-order valence-electron chi connectivity index (χ0n) is 17.3. The number of hydrogen-bond donors (Lipinski definition) is 0. The Labute approximate surface area is 166 Å². The van der Waals surface area contributed by atoms with Crippen LogP contribution in [0.1, 0.15) is 78.6 Å². The van der Waals surface area contributed by atoms with Crippen LogP contribution in [0.5, 0.6) is 0 Å². The molecule has 0 aromatic rings. The van der Waals surface area contributed by atoms with Crippen LogP contribution in [-0.2, 0) is 23.9 Å². The van der Waals surface area contributed by atoms with Gasteiger partial charge in [0.15, 0.2) is 0 Å². The Bertz CT molecular complexity index is 745. The van der Waals surface area contributed by atoms with Crippen molar-refractivity contribution in [2.24, 2.45) is 34.0 Å². The van der Waals surface area contributed by atoms with E-state index < -0.39 is 0 Å². The molecule has 5 aliphatic rings. The van der Waals surface area contributed by atoms with Crippen LogP contribution in [0, 0.1) is 34.0 Å². The Morgan fingerprint density at radius 2 is 1.68 bits per heavy atom. The number of rotatable bonds is 2. The van der Waals surface area contributed by atoms with Crippen molar-refractivity contribution in [2.75, 3.05) is 0 Å². The molecule has 0 saturated heterocycles. The van der Waals surface area contributed by atoms with Gasteiger partial charge in [-0.05, 0) is 62.7 Å². The summed E-state index contributed by atoms with van der Waals surface area (Å²) < 4.78 is 11.6. The zero-order valence-corrected chi connectivity index (χ0v) is 17.3. The van der Waals surface area contributed by atoms with Gasteiger partial charge in [-0.25, -0.2) is 0 Å². The maximum atomic E-state index is 12.3. The second-order valence-electron chi connectivity index (χ2n) is 10.5. The number of carbonyl (C=O) groups excluding carboxylic acids is 3. The van der Waals surface area contributed by atoms with E-state index in [0.717, 1.165) is 44.9 Å². The minimum absolute atomic E-state index is 0.0242. The predicted octanol–water partition coefficient (Wildman–Crippen LogP) is 3.83. The van der Waals surface area contributed by atoms with E-state index in [1.54, 1.807) is 0 Å². The number of fused-ring (bicyclic) bond motifs is 3. The lowest BCUT2D eigenvalue weighted by Gasteiger charge is -2.54. The van der Waals surface area contributed by atoms with Crippen LogP contribution in [0.2, 0.25) is 0 Å². The van der Waals surface area contributed by atoms with Crippen molar-refractivity contribution in [1.82, 2.24) is 0 Å². The lowest BCUT2D eigenvalue weighted by molar-refractivity contribution is -0.157. The van der Waals surface area contributed by atoms with Gasteiger partial charge in [-0.1, -0.05) is 6.92 Å². The summed E-state index contributed by atoms with van der Waals surface area (Å²) in [4.78, 5) is 35.8. The summed E-state index contributed by atoms with van der Waals surface area (Å²) in [6.45, 7) is 5.35. The van der Waals surface area contributed by atoms with E-state index in [1.165, 1.54) is 13.8 Å². The van der Waals surface area contributed by atoms with Crippen molar-refractivity contribution < 1.29 is 23.9 Å². The second-order valence-corrected chi connectivity index (χ2v) is 10.5. The molecule has 154 valence electrons. The van der Waals surface area contributed by atoms with E-state index in [2.05, 4.69) is 6.92 Å². The molecule has 0 radical (unpaired) electrons. The maximum Gasteiger partial charge on any atom is 0.302 e. The minimum Gasteiger partial charge on any atom is -0.462 e. The first-order valence-corrected chi connectivity index (χ1v) is 11.1. The smallest absolute Gasteiger partial charge is 0.302 e. The summed E-state index contributed by atoms with van der Waals surface area (Å²) in [5.41, 5.74) is 0.00688. The number of Topliss-reactive ketones (excluding diaryl/α,β-unsaturated/α-hetero) is 1. The average molecular weight is 389 g/mol. The number of hydrogen-bond acceptors (Lipinski definition) is 5. The molecule has 0 aromatic heterocycles. The van der Waals surface area contributed by atoms with E-state index in [9.17, 15) is 14.4 Å². The van der Waals surface area contributed by atoms with Crippen molar-refractivity contribution in [1.29, 1.82) is 0 Å². The quantitative estimate of drug-likeness (QED) is 0.673. The summed E-state index contributed by atoms with van der Waals surface area (Å²) in [5.74, 6) is 1.67. The molecule has 0 bridgehead atoms. The lowest BCUT2D eigenvalue weighted by atomic mass is 9.50. The van der Waals surface area contributed by atoms with Gasteiger partial charge in [0.1, 0.15) is 18.0 Å². The van der Waals surface area contributed by atoms with Crippen LogP contribution < -0.4 is 0 Å². The average Bonchev–Trinajstić information content (AvgIpc) is 3.04. The zero-order chi connectivity index (χ0) is 19.9. The molecule has 0 N–H and O–H groups in total. The van der Waals surface area contributed by atoms with Crippen molar-refractivity contribution in [3.8, 4) is 0 Å². The molecule has 28 heavy (non-hydrogen) atoms. The highest BCUT2D eigenvalue weighted by Gasteiger charge is 2.84. The fourth-order valence-corrected chi connectivity index (χ4v) is 8.76. The molecule has 5 nitrogen and oxygen atoms in total. The van der Waals surface area contributed by atoms with Gasteiger partial charge in [0.05, 0.1) is 0 Å².